The molecule has 0 unspecified atom stereocenters. The van der Waals surface area contributed by atoms with E-state index < -0.39 is 27.5 Å². The molecule has 0 aromatic heterocycles. The number of nitrogens with two attached hydrogens (primary N) is 1. The zero-order valence-electron chi connectivity index (χ0n) is 10.6. The Balaban J connectivity index is 2.08. The van der Waals surface area contributed by atoms with Crippen LogP contribution in [0.2, 0.25) is 0 Å². The van der Waals surface area contributed by atoms with Gasteiger partial charge in [0.1, 0.15) is 5.54 Å². The third kappa shape index (κ3) is 3.31. The second-order valence-electron chi connectivity index (χ2n) is 4.96. The summed E-state index contributed by atoms with van der Waals surface area (Å²) >= 11 is 0. The number of nitrogens with one attached hydrogen (secondary N) is 1. The third-order valence-electron chi connectivity index (χ3n) is 3.26. The Morgan fingerprint density at radius 1 is 1.15 bits per heavy atom. The van der Waals surface area contributed by atoms with E-state index in [0.29, 0.717) is 12.1 Å². The van der Waals surface area contributed by atoms with Crippen LogP contribution in [-0.2, 0) is 22.3 Å². The molecule has 8 heteroatoms. The van der Waals surface area contributed by atoms with Crippen molar-refractivity contribution >= 4 is 10.0 Å². The molecular weight excluding hydrogens is 293 g/mol. The molecule has 1 aromatic rings. The molecule has 20 heavy (non-hydrogen) atoms. The fourth-order valence-corrected chi connectivity index (χ4v) is 3.51. The van der Waals surface area contributed by atoms with Crippen LogP contribution in [-0.4, -0.2) is 20.1 Å². The van der Waals surface area contributed by atoms with E-state index in [-0.39, 0.29) is 12.8 Å². The molecular formula is C12H15F3N2O2S. The van der Waals surface area contributed by atoms with Crippen molar-refractivity contribution in [2.45, 2.75) is 36.9 Å². The van der Waals surface area contributed by atoms with Crippen molar-refractivity contribution in [2.75, 3.05) is 0 Å². The average molecular weight is 308 g/mol. The van der Waals surface area contributed by atoms with Gasteiger partial charge in [-0.25, -0.2) is 8.42 Å². The highest BCUT2D eigenvalue weighted by Crippen LogP contribution is 2.49. The summed E-state index contributed by atoms with van der Waals surface area (Å²) in [5.41, 5.74) is 4.40. The molecule has 0 atom stereocenters. The summed E-state index contributed by atoms with van der Waals surface area (Å²) in [6.45, 7) is 0.322. The Bertz CT molecular complexity index is 578. The van der Waals surface area contributed by atoms with Crippen molar-refractivity contribution in [3.8, 4) is 0 Å². The van der Waals surface area contributed by atoms with Crippen LogP contribution < -0.4 is 10.5 Å². The van der Waals surface area contributed by atoms with Gasteiger partial charge in [-0.05, 0) is 24.0 Å². The maximum absolute atomic E-state index is 12.7. The van der Waals surface area contributed by atoms with Crippen LogP contribution in [0.25, 0.3) is 0 Å². The van der Waals surface area contributed by atoms with E-state index in [1.807, 2.05) is 0 Å². The first-order valence-corrected chi connectivity index (χ1v) is 7.69. The van der Waals surface area contributed by atoms with Crippen molar-refractivity contribution in [3.05, 3.63) is 35.4 Å². The van der Waals surface area contributed by atoms with E-state index in [9.17, 15) is 21.6 Å². The predicted octanol–water partition coefficient (Wildman–Crippen LogP) is 1.66. The van der Waals surface area contributed by atoms with E-state index in [1.165, 1.54) is 0 Å². The Morgan fingerprint density at radius 3 is 2.05 bits per heavy atom. The Morgan fingerprint density at radius 2 is 1.65 bits per heavy atom. The minimum absolute atomic E-state index is 0.207. The summed E-state index contributed by atoms with van der Waals surface area (Å²) in [7, 11) is -4.03. The summed E-state index contributed by atoms with van der Waals surface area (Å²) in [4.78, 5) is 0. The maximum Gasteiger partial charge on any atom is 0.407 e. The van der Waals surface area contributed by atoms with Gasteiger partial charge in [0.05, 0.1) is 5.75 Å². The lowest BCUT2D eigenvalue weighted by Crippen LogP contribution is -2.48. The molecule has 112 valence electrons. The van der Waals surface area contributed by atoms with Crippen molar-refractivity contribution < 1.29 is 21.6 Å². The second-order valence-corrected chi connectivity index (χ2v) is 6.68. The molecule has 1 fully saturated rings. The van der Waals surface area contributed by atoms with Crippen LogP contribution in [0.3, 0.4) is 0 Å². The highest BCUT2D eigenvalue weighted by atomic mass is 32.2. The van der Waals surface area contributed by atoms with E-state index in [2.05, 4.69) is 0 Å². The molecule has 3 N–H and O–H groups in total. The third-order valence-corrected chi connectivity index (χ3v) is 4.67. The molecule has 0 spiro atoms. The zero-order valence-corrected chi connectivity index (χ0v) is 11.4. The summed E-state index contributed by atoms with van der Waals surface area (Å²) in [6, 6.07) is 6.41. The Labute approximate surface area is 115 Å². The minimum atomic E-state index is -4.55. The second kappa shape index (κ2) is 5.01. The molecule has 0 heterocycles. The van der Waals surface area contributed by atoms with Crippen LogP contribution in [0.5, 0.6) is 0 Å². The number of rotatable bonds is 5. The van der Waals surface area contributed by atoms with E-state index >= 15 is 0 Å². The SMILES string of the molecule is NCc1ccc(CS(=O)(=O)NC2(C(F)(F)F)CC2)cc1. The van der Waals surface area contributed by atoms with Crippen LogP contribution in [0, 0.1) is 0 Å². The lowest BCUT2D eigenvalue weighted by atomic mass is 10.1. The van der Waals surface area contributed by atoms with Gasteiger partial charge < -0.3 is 5.73 Å². The minimum Gasteiger partial charge on any atom is -0.326 e. The van der Waals surface area contributed by atoms with E-state index in [0.717, 1.165) is 5.56 Å². The van der Waals surface area contributed by atoms with Crippen molar-refractivity contribution in [2.24, 2.45) is 5.73 Å². The Kier molecular flexibility index (Phi) is 3.83. The van der Waals surface area contributed by atoms with Gasteiger partial charge in [-0.15, -0.1) is 0 Å². The summed E-state index contributed by atoms with van der Waals surface area (Å²) in [5.74, 6) is -0.477. The van der Waals surface area contributed by atoms with Gasteiger partial charge in [-0.1, -0.05) is 24.3 Å². The largest absolute Gasteiger partial charge is 0.407 e. The molecule has 0 aliphatic heterocycles. The van der Waals surface area contributed by atoms with Gasteiger partial charge in [0.15, 0.2) is 0 Å². The quantitative estimate of drug-likeness (QED) is 0.869. The first kappa shape index (κ1) is 15.3. The standard InChI is InChI=1S/C12H15F3N2O2S/c13-12(14,15)11(5-6-11)17-20(18,19)8-10-3-1-9(7-16)2-4-10/h1-4,17H,5-8,16H2. The first-order valence-electron chi connectivity index (χ1n) is 6.04. The number of hydrogen-bond donors (Lipinski definition) is 2. The summed E-state index contributed by atoms with van der Waals surface area (Å²) in [5, 5.41) is 0. The van der Waals surface area contributed by atoms with Gasteiger partial charge in [0, 0.05) is 6.54 Å². The van der Waals surface area contributed by atoms with Gasteiger partial charge in [0.2, 0.25) is 10.0 Å². The van der Waals surface area contributed by atoms with Crippen LogP contribution in [0.15, 0.2) is 24.3 Å². The summed E-state index contributed by atoms with van der Waals surface area (Å²) in [6.07, 6.45) is -4.97. The molecule has 0 bridgehead atoms. The van der Waals surface area contributed by atoms with Gasteiger partial charge in [-0.3, -0.25) is 0 Å². The van der Waals surface area contributed by atoms with Crippen molar-refractivity contribution in [1.82, 2.24) is 4.72 Å². The lowest BCUT2D eigenvalue weighted by molar-refractivity contribution is -0.160. The van der Waals surface area contributed by atoms with Gasteiger partial charge >= 0.3 is 6.18 Å². The number of sulfonamides is 1. The van der Waals surface area contributed by atoms with Crippen molar-refractivity contribution in [1.29, 1.82) is 0 Å². The monoisotopic (exact) mass is 308 g/mol. The molecule has 1 aromatic carbocycles. The first-order chi connectivity index (χ1) is 9.17. The molecule has 0 radical (unpaired) electrons. The number of hydrogen-bond acceptors (Lipinski definition) is 3. The fourth-order valence-electron chi connectivity index (χ4n) is 1.89. The number of alkyl halides is 3. The average Bonchev–Trinajstić information content (AvgIpc) is 3.09. The molecule has 1 saturated carbocycles. The van der Waals surface area contributed by atoms with E-state index in [4.69, 9.17) is 5.73 Å². The van der Waals surface area contributed by atoms with Crippen LogP contribution in [0.1, 0.15) is 24.0 Å². The predicted molar refractivity (Wildman–Crippen MR) is 68.1 cm³/mol. The van der Waals surface area contributed by atoms with Crippen LogP contribution >= 0.6 is 0 Å². The van der Waals surface area contributed by atoms with Gasteiger partial charge in [-0.2, -0.15) is 17.9 Å². The topological polar surface area (TPSA) is 72.2 Å². The molecule has 4 nitrogen and oxygen atoms in total. The fraction of sp³-hybridized carbons (Fsp3) is 0.500. The molecule has 0 amide bonds. The highest BCUT2D eigenvalue weighted by molar-refractivity contribution is 7.88. The molecule has 0 saturated heterocycles. The molecule has 1 aliphatic rings. The lowest BCUT2D eigenvalue weighted by Gasteiger charge is -2.20. The van der Waals surface area contributed by atoms with Crippen LogP contribution in [0.4, 0.5) is 13.2 Å². The number of benzene rings is 1. The Hall–Kier alpha value is -1.12. The highest BCUT2D eigenvalue weighted by Gasteiger charge is 2.65. The molecule has 1 aliphatic carbocycles. The normalized spacial score (nSPS) is 18.0. The zero-order chi connectivity index (χ0) is 15.0. The smallest absolute Gasteiger partial charge is 0.326 e. The molecule has 2 rings (SSSR count). The number of halogens is 3. The van der Waals surface area contributed by atoms with Crippen molar-refractivity contribution in [3.63, 3.8) is 0 Å². The maximum atomic E-state index is 12.7. The van der Waals surface area contributed by atoms with Gasteiger partial charge in [0.25, 0.3) is 0 Å². The van der Waals surface area contributed by atoms with E-state index in [1.54, 1.807) is 29.0 Å². The summed E-state index contributed by atoms with van der Waals surface area (Å²) < 4.78 is 63.6.